The van der Waals surface area contributed by atoms with Crippen LogP contribution in [0.3, 0.4) is 0 Å². The van der Waals surface area contributed by atoms with Gasteiger partial charge in [-0.15, -0.1) is 0 Å². The van der Waals surface area contributed by atoms with Crippen LogP contribution in [-0.2, 0) is 6.42 Å². The highest BCUT2D eigenvalue weighted by molar-refractivity contribution is 6.32. The van der Waals surface area contributed by atoms with Gasteiger partial charge in [0, 0.05) is 6.04 Å². The molecule has 2 nitrogen and oxygen atoms in total. The summed E-state index contributed by atoms with van der Waals surface area (Å²) in [5, 5.41) is 0.627. The minimum atomic E-state index is 0.133. The largest absolute Gasteiger partial charge is 0.456 e. The van der Waals surface area contributed by atoms with Crippen molar-refractivity contribution >= 4 is 11.6 Å². The summed E-state index contributed by atoms with van der Waals surface area (Å²) in [7, 11) is 0. The molecule has 2 rings (SSSR count). The highest BCUT2D eigenvalue weighted by Gasteiger charge is 2.08. The Balaban J connectivity index is 2.27. The van der Waals surface area contributed by atoms with Crippen molar-refractivity contribution in [3.05, 3.63) is 58.1 Å². The smallest absolute Gasteiger partial charge is 0.146 e. The predicted octanol–water partition coefficient (Wildman–Crippen LogP) is 4.64. The Labute approximate surface area is 125 Å². The summed E-state index contributed by atoms with van der Waals surface area (Å²) >= 11 is 6.21. The SMILES string of the molecule is Cc1ccc(Oc2cc(CC(C)N)ccc2C)c(Cl)c1. The molecule has 0 spiro atoms. The van der Waals surface area contributed by atoms with Gasteiger partial charge in [0.2, 0.25) is 0 Å². The second kappa shape index (κ2) is 6.29. The normalized spacial score (nSPS) is 12.2. The molecule has 0 aromatic heterocycles. The van der Waals surface area contributed by atoms with E-state index in [1.807, 2.05) is 45.0 Å². The van der Waals surface area contributed by atoms with E-state index in [1.165, 1.54) is 5.56 Å². The summed E-state index contributed by atoms with van der Waals surface area (Å²) in [6.07, 6.45) is 0.832. The van der Waals surface area contributed by atoms with Gasteiger partial charge in [0.1, 0.15) is 11.5 Å². The first-order chi connectivity index (χ1) is 9.45. The molecular weight excluding hydrogens is 270 g/mol. The lowest BCUT2D eigenvalue weighted by molar-refractivity contribution is 0.478. The highest BCUT2D eigenvalue weighted by Crippen LogP contribution is 2.32. The van der Waals surface area contributed by atoms with Crippen molar-refractivity contribution in [1.82, 2.24) is 0 Å². The van der Waals surface area contributed by atoms with E-state index in [4.69, 9.17) is 22.1 Å². The molecule has 1 atom stereocenters. The topological polar surface area (TPSA) is 35.2 Å². The maximum atomic E-state index is 6.21. The van der Waals surface area contributed by atoms with E-state index in [-0.39, 0.29) is 6.04 Å². The Morgan fingerprint density at radius 3 is 2.50 bits per heavy atom. The van der Waals surface area contributed by atoms with Gasteiger partial charge in [-0.3, -0.25) is 0 Å². The number of aryl methyl sites for hydroxylation is 2. The first-order valence-corrected chi connectivity index (χ1v) is 7.12. The molecule has 2 aromatic rings. The molecule has 0 amide bonds. The highest BCUT2D eigenvalue weighted by atomic mass is 35.5. The van der Waals surface area contributed by atoms with Crippen molar-refractivity contribution < 1.29 is 4.74 Å². The van der Waals surface area contributed by atoms with E-state index in [0.29, 0.717) is 10.8 Å². The maximum Gasteiger partial charge on any atom is 0.146 e. The van der Waals surface area contributed by atoms with Gasteiger partial charge in [-0.05, 0) is 62.1 Å². The minimum absolute atomic E-state index is 0.133. The lowest BCUT2D eigenvalue weighted by Gasteiger charge is -2.13. The maximum absolute atomic E-state index is 6.21. The Kier molecular flexibility index (Phi) is 4.69. The number of nitrogens with two attached hydrogens (primary N) is 1. The Hall–Kier alpha value is -1.51. The fraction of sp³-hybridized carbons (Fsp3) is 0.294. The molecule has 0 heterocycles. The molecule has 0 saturated carbocycles. The summed E-state index contributed by atoms with van der Waals surface area (Å²) in [4.78, 5) is 0. The lowest BCUT2D eigenvalue weighted by Crippen LogP contribution is -2.17. The monoisotopic (exact) mass is 289 g/mol. The first-order valence-electron chi connectivity index (χ1n) is 6.75. The first kappa shape index (κ1) is 14.9. The zero-order valence-corrected chi connectivity index (χ0v) is 12.9. The number of benzene rings is 2. The molecule has 0 fully saturated rings. The van der Waals surface area contributed by atoms with Gasteiger partial charge in [0.25, 0.3) is 0 Å². The van der Waals surface area contributed by atoms with Crippen LogP contribution in [0, 0.1) is 13.8 Å². The fourth-order valence-electron chi connectivity index (χ4n) is 2.06. The molecular formula is C17H20ClNO. The summed E-state index contributed by atoms with van der Waals surface area (Å²) in [6.45, 7) is 6.02. The Morgan fingerprint density at radius 2 is 1.85 bits per heavy atom. The third kappa shape index (κ3) is 3.75. The molecule has 0 radical (unpaired) electrons. The average molecular weight is 290 g/mol. The molecule has 0 aliphatic heterocycles. The van der Waals surface area contributed by atoms with Crippen molar-refractivity contribution in [3.8, 4) is 11.5 Å². The minimum Gasteiger partial charge on any atom is -0.456 e. The van der Waals surface area contributed by atoms with Crippen LogP contribution < -0.4 is 10.5 Å². The molecule has 106 valence electrons. The molecule has 2 N–H and O–H groups in total. The Morgan fingerprint density at radius 1 is 1.10 bits per heavy atom. The van der Waals surface area contributed by atoms with Crippen LogP contribution in [0.4, 0.5) is 0 Å². The van der Waals surface area contributed by atoms with Crippen molar-refractivity contribution in [2.75, 3.05) is 0 Å². The number of ether oxygens (including phenoxy) is 1. The van der Waals surface area contributed by atoms with Crippen LogP contribution in [0.1, 0.15) is 23.6 Å². The summed E-state index contributed by atoms with van der Waals surface area (Å²) in [5.74, 6) is 1.51. The third-order valence-corrected chi connectivity index (χ3v) is 3.41. The van der Waals surface area contributed by atoms with Gasteiger partial charge in [-0.1, -0.05) is 29.8 Å². The van der Waals surface area contributed by atoms with Crippen molar-refractivity contribution in [2.45, 2.75) is 33.2 Å². The number of hydrogen-bond acceptors (Lipinski definition) is 2. The van der Waals surface area contributed by atoms with Crippen molar-refractivity contribution in [3.63, 3.8) is 0 Å². The zero-order chi connectivity index (χ0) is 14.7. The number of hydrogen-bond donors (Lipinski definition) is 1. The Bertz CT molecular complexity index is 608. The molecule has 0 aliphatic rings. The quantitative estimate of drug-likeness (QED) is 0.890. The molecule has 0 bridgehead atoms. The van der Waals surface area contributed by atoms with Gasteiger partial charge < -0.3 is 10.5 Å². The van der Waals surface area contributed by atoms with E-state index < -0.39 is 0 Å². The van der Waals surface area contributed by atoms with Crippen molar-refractivity contribution in [2.24, 2.45) is 5.73 Å². The van der Waals surface area contributed by atoms with E-state index in [0.717, 1.165) is 23.3 Å². The van der Waals surface area contributed by atoms with E-state index in [9.17, 15) is 0 Å². The summed E-state index contributed by atoms with van der Waals surface area (Å²) < 4.78 is 5.94. The second-order valence-corrected chi connectivity index (χ2v) is 5.72. The molecule has 20 heavy (non-hydrogen) atoms. The van der Waals surface area contributed by atoms with Gasteiger partial charge in [0.05, 0.1) is 5.02 Å². The van der Waals surface area contributed by atoms with Crippen molar-refractivity contribution in [1.29, 1.82) is 0 Å². The number of rotatable bonds is 4. The van der Waals surface area contributed by atoms with Crippen LogP contribution in [0.25, 0.3) is 0 Å². The van der Waals surface area contributed by atoms with Crippen LogP contribution in [-0.4, -0.2) is 6.04 Å². The van der Waals surface area contributed by atoms with Gasteiger partial charge in [-0.2, -0.15) is 0 Å². The lowest BCUT2D eigenvalue weighted by atomic mass is 10.1. The van der Waals surface area contributed by atoms with E-state index >= 15 is 0 Å². The summed E-state index contributed by atoms with van der Waals surface area (Å²) in [6, 6.07) is 12.1. The summed E-state index contributed by atoms with van der Waals surface area (Å²) in [5.41, 5.74) is 9.21. The molecule has 0 saturated heterocycles. The van der Waals surface area contributed by atoms with E-state index in [2.05, 4.69) is 12.1 Å². The molecule has 0 aliphatic carbocycles. The standard InChI is InChI=1S/C17H20ClNO/c1-11-4-7-16(15(18)8-11)20-17-10-14(9-13(3)19)6-5-12(17)2/h4-8,10,13H,9,19H2,1-3H3. The number of halogens is 1. The van der Waals surface area contributed by atoms with Crippen LogP contribution >= 0.6 is 11.6 Å². The third-order valence-electron chi connectivity index (χ3n) is 3.12. The fourth-order valence-corrected chi connectivity index (χ4v) is 2.33. The van der Waals surface area contributed by atoms with Crippen LogP contribution in [0.2, 0.25) is 5.02 Å². The average Bonchev–Trinajstić information content (AvgIpc) is 2.36. The molecule has 1 unspecified atom stereocenters. The van der Waals surface area contributed by atoms with Gasteiger partial charge in [0.15, 0.2) is 0 Å². The zero-order valence-electron chi connectivity index (χ0n) is 12.1. The van der Waals surface area contributed by atoms with Gasteiger partial charge in [-0.25, -0.2) is 0 Å². The van der Waals surface area contributed by atoms with Crippen LogP contribution in [0.5, 0.6) is 11.5 Å². The molecule has 2 aromatic carbocycles. The molecule has 3 heteroatoms. The van der Waals surface area contributed by atoms with E-state index in [1.54, 1.807) is 0 Å². The predicted molar refractivity (Wildman–Crippen MR) is 84.8 cm³/mol. The second-order valence-electron chi connectivity index (χ2n) is 5.32. The van der Waals surface area contributed by atoms with Gasteiger partial charge >= 0.3 is 0 Å². The van der Waals surface area contributed by atoms with Crippen LogP contribution in [0.15, 0.2) is 36.4 Å².